The number of nitrogens with zero attached hydrogens (tertiary/aromatic N) is 1. The molecule has 86 valence electrons. The maximum absolute atomic E-state index is 11.4. The standard InChI is InChI=1S/C11H13NO4/c13-10(14)9-7-16-11(15)12(9)6-8-4-2-1-3-5-8/h1-5,9-10,13-14H,6-7H2/t9-/m0/s1. The molecule has 1 aliphatic heterocycles. The minimum absolute atomic E-state index is 0.0172. The number of hydrogen-bond acceptors (Lipinski definition) is 4. The van der Waals surface area contributed by atoms with Crippen LogP contribution in [0.3, 0.4) is 0 Å². The van der Waals surface area contributed by atoms with Crippen molar-refractivity contribution in [2.24, 2.45) is 0 Å². The number of rotatable bonds is 3. The Labute approximate surface area is 92.9 Å². The smallest absolute Gasteiger partial charge is 0.410 e. The van der Waals surface area contributed by atoms with Crippen LogP contribution in [-0.4, -0.2) is 40.1 Å². The zero-order valence-electron chi connectivity index (χ0n) is 8.61. The third-order valence-electron chi connectivity index (χ3n) is 2.55. The molecule has 1 aromatic rings. The van der Waals surface area contributed by atoms with Crippen molar-refractivity contribution < 1.29 is 19.7 Å². The summed E-state index contributed by atoms with van der Waals surface area (Å²) < 4.78 is 4.78. The van der Waals surface area contributed by atoms with E-state index in [0.717, 1.165) is 5.56 Å². The van der Waals surface area contributed by atoms with Gasteiger partial charge >= 0.3 is 6.09 Å². The van der Waals surface area contributed by atoms with Crippen LogP contribution >= 0.6 is 0 Å². The van der Waals surface area contributed by atoms with E-state index in [4.69, 9.17) is 14.9 Å². The molecule has 0 saturated carbocycles. The number of benzene rings is 1. The number of amides is 1. The van der Waals surface area contributed by atoms with Crippen LogP contribution in [-0.2, 0) is 11.3 Å². The van der Waals surface area contributed by atoms with E-state index in [9.17, 15) is 4.79 Å². The summed E-state index contributed by atoms with van der Waals surface area (Å²) >= 11 is 0. The van der Waals surface area contributed by atoms with Crippen LogP contribution < -0.4 is 0 Å². The normalized spacial score (nSPS) is 20.3. The Kier molecular flexibility index (Phi) is 3.07. The van der Waals surface area contributed by atoms with E-state index in [1.807, 2.05) is 30.3 Å². The minimum Gasteiger partial charge on any atom is -0.447 e. The van der Waals surface area contributed by atoms with Gasteiger partial charge in [0.2, 0.25) is 0 Å². The van der Waals surface area contributed by atoms with Crippen LogP contribution in [0.5, 0.6) is 0 Å². The van der Waals surface area contributed by atoms with Gasteiger partial charge in [0.1, 0.15) is 12.6 Å². The van der Waals surface area contributed by atoms with E-state index in [0.29, 0.717) is 6.54 Å². The van der Waals surface area contributed by atoms with Crippen LogP contribution in [0.2, 0.25) is 0 Å². The number of carbonyl (C=O) groups is 1. The van der Waals surface area contributed by atoms with Crippen molar-refractivity contribution in [3.63, 3.8) is 0 Å². The highest BCUT2D eigenvalue weighted by molar-refractivity contribution is 5.70. The molecule has 0 radical (unpaired) electrons. The topological polar surface area (TPSA) is 70.0 Å². The van der Waals surface area contributed by atoms with Crippen molar-refractivity contribution in [2.75, 3.05) is 6.61 Å². The molecular weight excluding hydrogens is 210 g/mol. The molecule has 0 spiro atoms. The van der Waals surface area contributed by atoms with Crippen LogP contribution in [0.25, 0.3) is 0 Å². The summed E-state index contributed by atoms with van der Waals surface area (Å²) in [6.07, 6.45) is -2.09. The van der Waals surface area contributed by atoms with Crippen molar-refractivity contribution in [1.29, 1.82) is 0 Å². The van der Waals surface area contributed by atoms with E-state index < -0.39 is 18.4 Å². The first-order valence-corrected chi connectivity index (χ1v) is 5.02. The summed E-state index contributed by atoms with van der Waals surface area (Å²) in [5.41, 5.74) is 0.923. The molecule has 1 heterocycles. The average Bonchev–Trinajstić information content (AvgIpc) is 2.62. The molecule has 5 nitrogen and oxygen atoms in total. The lowest BCUT2D eigenvalue weighted by Gasteiger charge is -2.22. The Hall–Kier alpha value is -1.59. The zero-order valence-corrected chi connectivity index (χ0v) is 8.61. The fraction of sp³-hybridized carbons (Fsp3) is 0.364. The summed E-state index contributed by atoms with van der Waals surface area (Å²) in [5, 5.41) is 18.2. The molecule has 1 amide bonds. The largest absolute Gasteiger partial charge is 0.447 e. The molecular formula is C11H13NO4. The maximum Gasteiger partial charge on any atom is 0.410 e. The van der Waals surface area contributed by atoms with E-state index in [1.54, 1.807) is 0 Å². The van der Waals surface area contributed by atoms with Crippen molar-refractivity contribution in [3.8, 4) is 0 Å². The Balaban J connectivity index is 2.10. The molecule has 1 aromatic carbocycles. The molecule has 0 bridgehead atoms. The lowest BCUT2D eigenvalue weighted by Crippen LogP contribution is -2.41. The predicted molar refractivity (Wildman–Crippen MR) is 55.3 cm³/mol. The van der Waals surface area contributed by atoms with Gasteiger partial charge in [0, 0.05) is 6.54 Å². The summed E-state index contributed by atoms with van der Waals surface area (Å²) in [4.78, 5) is 12.7. The molecule has 2 N–H and O–H groups in total. The summed E-state index contributed by atoms with van der Waals surface area (Å²) in [6.45, 7) is 0.339. The number of aliphatic hydroxyl groups excluding tert-OH is 1. The third kappa shape index (κ3) is 2.15. The van der Waals surface area contributed by atoms with Gasteiger partial charge in [-0.1, -0.05) is 30.3 Å². The van der Waals surface area contributed by atoms with Crippen molar-refractivity contribution in [2.45, 2.75) is 18.9 Å². The Bertz CT molecular complexity index is 366. The SMILES string of the molecule is O=C1OC[C@@H](C(O)O)N1Cc1ccccc1. The average molecular weight is 223 g/mol. The van der Waals surface area contributed by atoms with Gasteiger partial charge < -0.3 is 14.9 Å². The van der Waals surface area contributed by atoms with Gasteiger partial charge in [-0.2, -0.15) is 0 Å². The summed E-state index contributed by atoms with van der Waals surface area (Å²) in [6, 6.07) is 8.65. The lowest BCUT2D eigenvalue weighted by atomic mass is 10.2. The van der Waals surface area contributed by atoms with Crippen LogP contribution in [0.1, 0.15) is 5.56 Å². The molecule has 0 aromatic heterocycles. The fourth-order valence-electron chi connectivity index (χ4n) is 1.67. The molecule has 1 fully saturated rings. The van der Waals surface area contributed by atoms with Crippen molar-refractivity contribution >= 4 is 6.09 Å². The van der Waals surface area contributed by atoms with Gasteiger partial charge in [0.05, 0.1) is 0 Å². The molecule has 0 aliphatic carbocycles. The molecule has 16 heavy (non-hydrogen) atoms. The van der Waals surface area contributed by atoms with Gasteiger partial charge in [-0.05, 0) is 5.56 Å². The molecule has 1 saturated heterocycles. The fourth-order valence-corrected chi connectivity index (χ4v) is 1.67. The maximum atomic E-state index is 11.4. The Morgan fingerprint density at radius 1 is 1.38 bits per heavy atom. The molecule has 0 unspecified atom stereocenters. The van der Waals surface area contributed by atoms with E-state index in [-0.39, 0.29) is 6.61 Å². The van der Waals surface area contributed by atoms with Gasteiger partial charge in [0.15, 0.2) is 6.29 Å². The van der Waals surface area contributed by atoms with E-state index >= 15 is 0 Å². The first-order valence-electron chi connectivity index (χ1n) is 5.02. The quantitative estimate of drug-likeness (QED) is 0.724. The highest BCUT2D eigenvalue weighted by Crippen LogP contribution is 2.18. The molecule has 2 rings (SSSR count). The Morgan fingerprint density at radius 3 is 2.69 bits per heavy atom. The summed E-state index contributed by atoms with van der Waals surface area (Å²) in [7, 11) is 0. The van der Waals surface area contributed by atoms with Crippen molar-refractivity contribution in [1.82, 2.24) is 4.90 Å². The number of carbonyl (C=O) groups excluding carboxylic acids is 1. The predicted octanol–water partition coefficient (Wildman–Crippen LogP) is 0.318. The van der Waals surface area contributed by atoms with Gasteiger partial charge in [0.25, 0.3) is 0 Å². The molecule has 1 aliphatic rings. The monoisotopic (exact) mass is 223 g/mol. The second kappa shape index (κ2) is 4.51. The van der Waals surface area contributed by atoms with Crippen LogP contribution in [0.15, 0.2) is 30.3 Å². The minimum atomic E-state index is -1.57. The van der Waals surface area contributed by atoms with Crippen LogP contribution in [0, 0.1) is 0 Å². The second-order valence-corrected chi connectivity index (χ2v) is 3.67. The highest BCUT2D eigenvalue weighted by atomic mass is 16.6. The van der Waals surface area contributed by atoms with Gasteiger partial charge in [-0.3, -0.25) is 4.90 Å². The molecule has 5 heteroatoms. The lowest BCUT2D eigenvalue weighted by molar-refractivity contribution is -0.0854. The third-order valence-corrected chi connectivity index (χ3v) is 2.55. The Morgan fingerprint density at radius 2 is 2.06 bits per heavy atom. The van der Waals surface area contributed by atoms with E-state index in [1.165, 1.54) is 4.90 Å². The van der Waals surface area contributed by atoms with E-state index in [2.05, 4.69) is 0 Å². The number of ether oxygens (including phenoxy) is 1. The number of aliphatic hydroxyl groups is 2. The number of hydrogen-bond donors (Lipinski definition) is 2. The summed E-state index contributed by atoms with van der Waals surface area (Å²) in [5.74, 6) is 0. The number of cyclic esters (lactones) is 1. The van der Waals surface area contributed by atoms with Gasteiger partial charge in [-0.25, -0.2) is 4.79 Å². The van der Waals surface area contributed by atoms with Gasteiger partial charge in [-0.15, -0.1) is 0 Å². The zero-order chi connectivity index (χ0) is 11.5. The first-order chi connectivity index (χ1) is 7.68. The van der Waals surface area contributed by atoms with Crippen LogP contribution in [0.4, 0.5) is 4.79 Å². The van der Waals surface area contributed by atoms with Crippen molar-refractivity contribution in [3.05, 3.63) is 35.9 Å². The second-order valence-electron chi connectivity index (χ2n) is 3.67. The molecule has 1 atom stereocenters. The highest BCUT2D eigenvalue weighted by Gasteiger charge is 2.36. The first kappa shape index (κ1) is 10.9.